The minimum atomic E-state index is -2.68. The number of anilines is 3. The predicted molar refractivity (Wildman–Crippen MR) is 140 cm³/mol. The Bertz CT molecular complexity index is 1680. The largest absolute Gasteiger partial charge is 0.365 e. The number of nitrogens with zero attached hydrogens (tertiary/aromatic N) is 6. The van der Waals surface area contributed by atoms with E-state index in [0.29, 0.717) is 45.8 Å². The quantitative estimate of drug-likeness (QED) is 0.313. The average molecular weight is 542 g/mol. The van der Waals surface area contributed by atoms with Crippen LogP contribution in [0.2, 0.25) is 10.0 Å². The maximum atomic E-state index is 13.8. The number of piperidine rings is 1. The lowest BCUT2D eigenvalue weighted by molar-refractivity contribution is -0.0116. The molecule has 3 aromatic heterocycles. The van der Waals surface area contributed by atoms with Crippen LogP contribution >= 0.6 is 23.2 Å². The first-order chi connectivity index (χ1) is 17.8. The van der Waals surface area contributed by atoms with E-state index < -0.39 is 11.5 Å². The number of alkyl halides is 2. The maximum Gasteiger partial charge on any atom is 0.270 e. The normalized spacial score (nSPS) is 15.4. The van der Waals surface area contributed by atoms with Crippen molar-refractivity contribution in [1.82, 2.24) is 23.9 Å². The number of hydrogen-bond acceptors (Lipinski definition) is 6. The highest BCUT2D eigenvalue weighted by Crippen LogP contribution is 2.31. The highest BCUT2D eigenvalue weighted by Gasteiger charge is 2.35. The van der Waals surface area contributed by atoms with Gasteiger partial charge in [0.2, 0.25) is 11.7 Å². The molecule has 0 bridgehead atoms. The van der Waals surface area contributed by atoms with Gasteiger partial charge in [0, 0.05) is 42.9 Å². The van der Waals surface area contributed by atoms with Crippen molar-refractivity contribution >= 4 is 57.3 Å². The van der Waals surface area contributed by atoms with Gasteiger partial charge in [-0.25, -0.2) is 23.3 Å². The second-order valence-corrected chi connectivity index (χ2v) is 9.61. The molecule has 6 rings (SSSR count). The van der Waals surface area contributed by atoms with Crippen LogP contribution in [0.4, 0.5) is 26.1 Å². The summed E-state index contributed by atoms with van der Waals surface area (Å²) in [5, 5.41) is 3.95. The lowest BCUT2D eigenvalue weighted by Gasteiger charge is -2.34. The van der Waals surface area contributed by atoms with Crippen molar-refractivity contribution in [1.29, 1.82) is 0 Å². The zero-order valence-corrected chi connectivity index (χ0v) is 20.7. The molecule has 1 saturated heterocycles. The number of hydrogen-bond donors (Lipinski definition) is 1. The second-order valence-electron chi connectivity index (χ2n) is 8.79. The van der Waals surface area contributed by atoms with Gasteiger partial charge in [-0.1, -0.05) is 29.3 Å². The van der Waals surface area contributed by atoms with E-state index in [1.807, 2.05) is 0 Å². The lowest BCUT2D eigenvalue weighted by Crippen LogP contribution is -2.42. The standard InChI is InChI=1S/C25H19Cl2F2N7O/c26-18-3-1-4-19(27)20(18)36-22(37)17-13-31-23(33-21(17)35-12-10-30-24(35)36)32-15-5-7-16(8-6-15)34-11-2-9-25(28,29)14-34/h1,3-8,10,12-13H,2,9,11,14H2,(H,31,32,33). The fourth-order valence-corrected chi connectivity index (χ4v) is 5.15. The third-order valence-electron chi connectivity index (χ3n) is 6.29. The van der Waals surface area contributed by atoms with Crippen molar-refractivity contribution < 1.29 is 8.78 Å². The van der Waals surface area contributed by atoms with Gasteiger partial charge in [0.15, 0.2) is 5.65 Å². The van der Waals surface area contributed by atoms with E-state index in [0.717, 1.165) is 5.69 Å². The van der Waals surface area contributed by atoms with Gasteiger partial charge in [-0.05, 0) is 42.8 Å². The molecule has 0 unspecified atom stereocenters. The van der Waals surface area contributed by atoms with Gasteiger partial charge < -0.3 is 10.2 Å². The summed E-state index contributed by atoms with van der Waals surface area (Å²) >= 11 is 12.8. The number of fused-ring (bicyclic) bond motifs is 3. The van der Waals surface area contributed by atoms with Crippen LogP contribution in [-0.4, -0.2) is 42.9 Å². The number of para-hydroxylation sites is 1. The van der Waals surface area contributed by atoms with Crippen molar-refractivity contribution in [2.75, 3.05) is 23.3 Å². The van der Waals surface area contributed by atoms with Crippen molar-refractivity contribution in [3.63, 3.8) is 0 Å². The Kier molecular flexibility index (Phi) is 5.73. The molecule has 5 aromatic rings. The summed E-state index contributed by atoms with van der Waals surface area (Å²) in [6.07, 6.45) is 5.03. The molecule has 1 aliphatic heterocycles. The van der Waals surface area contributed by atoms with Crippen molar-refractivity contribution in [2.24, 2.45) is 0 Å². The molecule has 0 atom stereocenters. The summed E-state index contributed by atoms with van der Waals surface area (Å²) in [5.74, 6) is -2.13. The molecule has 37 heavy (non-hydrogen) atoms. The first kappa shape index (κ1) is 23.6. The molecular weight excluding hydrogens is 523 g/mol. The van der Waals surface area contributed by atoms with Crippen LogP contribution in [-0.2, 0) is 0 Å². The fraction of sp³-hybridized carbons (Fsp3) is 0.200. The number of aromatic nitrogens is 5. The van der Waals surface area contributed by atoms with Gasteiger partial charge in [-0.3, -0.25) is 9.20 Å². The second kappa shape index (κ2) is 8.97. The third kappa shape index (κ3) is 4.25. The Balaban J connectivity index is 1.36. The Morgan fingerprint density at radius 1 is 1.03 bits per heavy atom. The predicted octanol–water partition coefficient (Wildman–Crippen LogP) is 5.71. The summed E-state index contributed by atoms with van der Waals surface area (Å²) < 4.78 is 30.6. The van der Waals surface area contributed by atoms with Crippen molar-refractivity contribution in [3.8, 4) is 5.69 Å². The smallest absolute Gasteiger partial charge is 0.270 e. The van der Waals surface area contributed by atoms with E-state index in [-0.39, 0.29) is 24.3 Å². The molecule has 0 amide bonds. The Morgan fingerprint density at radius 2 is 1.78 bits per heavy atom. The third-order valence-corrected chi connectivity index (χ3v) is 6.90. The number of halogens is 4. The van der Waals surface area contributed by atoms with Gasteiger partial charge in [-0.2, -0.15) is 4.98 Å². The molecule has 0 aliphatic carbocycles. The zero-order chi connectivity index (χ0) is 25.7. The SMILES string of the molecule is O=c1c2cnc(Nc3ccc(N4CCCC(F)(F)C4)cc3)nc2n2ccnc2n1-c1c(Cl)cccc1Cl. The molecule has 1 N–H and O–H groups in total. The molecule has 0 spiro atoms. The first-order valence-corrected chi connectivity index (χ1v) is 12.3. The molecule has 0 radical (unpaired) electrons. The van der Waals surface area contributed by atoms with Gasteiger partial charge in [0.05, 0.1) is 22.3 Å². The van der Waals surface area contributed by atoms with E-state index in [1.54, 1.807) is 64.2 Å². The molecule has 188 valence electrons. The number of imidazole rings is 1. The number of rotatable bonds is 4. The Labute approximate surface area is 219 Å². The lowest BCUT2D eigenvalue weighted by atomic mass is 10.1. The van der Waals surface area contributed by atoms with Gasteiger partial charge in [0.25, 0.3) is 11.5 Å². The van der Waals surface area contributed by atoms with E-state index in [9.17, 15) is 13.6 Å². The summed E-state index contributed by atoms with van der Waals surface area (Å²) in [6, 6.07) is 12.1. The molecule has 8 nitrogen and oxygen atoms in total. The maximum absolute atomic E-state index is 13.8. The van der Waals surface area contributed by atoms with Crippen LogP contribution in [0.1, 0.15) is 12.8 Å². The van der Waals surface area contributed by atoms with E-state index in [4.69, 9.17) is 23.2 Å². The topological polar surface area (TPSA) is 80.3 Å². The number of benzene rings is 2. The van der Waals surface area contributed by atoms with Crippen molar-refractivity contribution in [2.45, 2.75) is 18.8 Å². The molecule has 4 heterocycles. The molecular formula is C25H19Cl2F2N7O. The monoisotopic (exact) mass is 541 g/mol. The molecule has 12 heteroatoms. The number of nitrogens with one attached hydrogen (secondary N) is 1. The molecule has 2 aromatic carbocycles. The summed E-state index contributed by atoms with van der Waals surface area (Å²) in [5.41, 5.74) is 1.65. The van der Waals surface area contributed by atoms with Crippen LogP contribution in [0.15, 0.2) is 65.8 Å². The minimum absolute atomic E-state index is 0.0802. The highest BCUT2D eigenvalue weighted by molar-refractivity contribution is 6.37. The summed E-state index contributed by atoms with van der Waals surface area (Å²) in [4.78, 5) is 28.4. The van der Waals surface area contributed by atoms with E-state index >= 15 is 0 Å². The van der Waals surface area contributed by atoms with Crippen LogP contribution in [0, 0.1) is 0 Å². The van der Waals surface area contributed by atoms with E-state index in [1.165, 1.54) is 10.8 Å². The average Bonchev–Trinajstić information content (AvgIpc) is 3.35. The van der Waals surface area contributed by atoms with Crippen LogP contribution in [0.3, 0.4) is 0 Å². The first-order valence-electron chi connectivity index (χ1n) is 11.5. The molecule has 0 saturated carbocycles. The van der Waals surface area contributed by atoms with Crippen LogP contribution < -0.4 is 15.8 Å². The van der Waals surface area contributed by atoms with Gasteiger partial charge in [-0.15, -0.1) is 0 Å². The Hall–Kier alpha value is -3.76. The minimum Gasteiger partial charge on any atom is -0.365 e. The van der Waals surface area contributed by atoms with Crippen LogP contribution in [0.5, 0.6) is 0 Å². The van der Waals surface area contributed by atoms with Crippen molar-refractivity contribution in [3.05, 3.63) is 81.5 Å². The fourth-order valence-electron chi connectivity index (χ4n) is 4.58. The zero-order valence-electron chi connectivity index (χ0n) is 19.2. The van der Waals surface area contributed by atoms with Crippen LogP contribution in [0.25, 0.3) is 22.5 Å². The highest BCUT2D eigenvalue weighted by atomic mass is 35.5. The molecule has 1 aliphatic rings. The van der Waals surface area contributed by atoms with Gasteiger partial charge >= 0.3 is 0 Å². The van der Waals surface area contributed by atoms with Gasteiger partial charge in [0.1, 0.15) is 5.39 Å². The van der Waals surface area contributed by atoms with E-state index in [2.05, 4.69) is 20.3 Å². The Morgan fingerprint density at radius 3 is 2.51 bits per heavy atom. The summed E-state index contributed by atoms with van der Waals surface area (Å²) in [7, 11) is 0. The summed E-state index contributed by atoms with van der Waals surface area (Å²) in [6.45, 7) is 0.305. The molecule has 1 fully saturated rings.